The molecule has 1 saturated heterocycles. The van der Waals surface area contributed by atoms with Gasteiger partial charge < -0.3 is 15.7 Å². The van der Waals surface area contributed by atoms with Crippen molar-refractivity contribution in [2.45, 2.75) is 31.7 Å². The second-order valence-electron chi connectivity index (χ2n) is 4.36. The highest BCUT2D eigenvalue weighted by atomic mass is 16.3. The van der Waals surface area contributed by atoms with Crippen molar-refractivity contribution >= 4 is 5.96 Å². The molecule has 1 aliphatic carbocycles. The number of nitrogens with zero attached hydrogens (tertiary/aromatic N) is 2. The van der Waals surface area contributed by atoms with E-state index in [4.69, 9.17) is 10.8 Å². The SMILES string of the molecule is NC(=NC1CC1)N1CCCC(CO)C1. The number of rotatable bonds is 2. The zero-order valence-electron chi connectivity index (χ0n) is 8.52. The molecule has 1 saturated carbocycles. The summed E-state index contributed by atoms with van der Waals surface area (Å²) in [6.45, 7) is 2.14. The van der Waals surface area contributed by atoms with Crippen LogP contribution >= 0.6 is 0 Å². The molecular weight excluding hydrogens is 178 g/mol. The smallest absolute Gasteiger partial charge is 0.191 e. The summed E-state index contributed by atoms with van der Waals surface area (Å²) >= 11 is 0. The Morgan fingerprint density at radius 3 is 2.86 bits per heavy atom. The highest BCUT2D eigenvalue weighted by Gasteiger charge is 2.24. The Labute approximate surface area is 84.8 Å². The van der Waals surface area contributed by atoms with Crippen LogP contribution in [0.1, 0.15) is 25.7 Å². The van der Waals surface area contributed by atoms with E-state index >= 15 is 0 Å². The van der Waals surface area contributed by atoms with Crippen LogP contribution in [-0.2, 0) is 0 Å². The van der Waals surface area contributed by atoms with Crippen molar-refractivity contribution in [3.8, 4) is 0 Å². The quantitative estimate of drug-likeness (QED) is 0.490. The molecule has 1 unspecified atom stereocenters. The molecule has 14 heavy (non-hydrogen) atoms. The number of nitrogens with two attached hydrogens (primary N) is 1. The summed E-state index contributed by atoms with van der Waals surface area (Å²) in [6, 6.07) is 0.490. The van der Waals surface area contributed by atoms with Gasteiger partial charge in [0.2, 0.25) is 0 Å². The number of aliphatic hydroxyl groups excluding tert-OH is 1. The second-order valence-corrected chi connectivity index (χ2v) is 4.36. The summed E-state index contributed by atoms with van der Waals surface area (Å²) < 4.78 is 0. The molecule has 0 spiro atoms. The van der Waals surface area contributed by atoms with E-state index in [-0.39, 0.29) is 6.61 Å². The molecule has 0 amide bonds. The summed E-state index contributed by atoms with van der Waals surface area (Å²) in [5, 5.41) is 9.08. The van der Waals surface area contributed by atoms with E-state index in [9.17, 15) is 0 Å². The van der Waals surface area contributed by atoms with Crippen LogP contribution in [-0.4, -0.2) is 41.7 Å². The number of aliphatic hydroxyl groups is 1. The van der Waals surface area contributed by atoms with Gasteiger partial charge in [-0.15, -0.1) is 0 Å². The minimum atomic E-state index is 0.271. The van der Waals surface area contributed by atoms with Crippen molar-refractivity contribution in [3.05, 3.63) is 0 Å². The van der Waals surface area contributed by atoms with Crippen molar-refractivity contribution in [2.24, 2.45) is 16.6 Å². The molecule has 80 valence electrons. The summed E-state index contributed by atoms with van der Waals surface area (Å²) in [7, 11) is 0. The van der Waals surface area contributed by atoms with E-state index in [1.807, 2.05) is 0 Å². The van der Waals surface area contributed by atoms with Gasteiger partial charge in [0.05, 0.1) is 6.04 Å². The number of hydrogen-bond acceptors (Lipinski definition) is 2. The molecule has 1 heterocycles. The van der Waals surface area contributed by atoms with Crippen molar-refractivity contribution in [1.29, 1.82) is 0 Å². The summed E-state index contributed by atoms with van der Waals surface area (Å²) in [5.41, 5.74) is 5.90. The van der Waals surface area contributed by atoms with Crippen LogP contribution in [0.25, 0.3) is 0 Å². The Balaban J connectivity index is 1.89. The lowest BCUT2D eigenvalue weighted by atomic mass is 9.99. The number of likely N-dealkylation sites (tertiary alicyclic amines) is 1. The normalized spacial score (nSPS) is 29.4. The molecule has 4 heteroatoms. The van der Waals surface area contributed by atoms with Gasteiger partial charge in [0, 0.05) is 19.7 Å². The van der Waals surface area contributed by atoms with Gasteiger partial charge in [-0.2, -0.15) is 0 Å². The van der Waals surface area contributed by atoms with Gasteiger partial charge in [0.15, 0.2) is 5.96 Å². The predicted octanol–water partition coefficient (Wildman–Crippen LogP) is 0.168. The molecule has 0 bridgehead atoms. The lowest BCUT2D eigenvalue weighted by Crippen LogP contribution is -2.45. The average molecular weight is 197 g/mol. The van der Waals surface area contributed by atoms with Crippen molar-refractivity contribution in [3.63, 3.8) is 0 Å². The Morgan fingerprint density at radius 1 is 1.43 bits per heavy atom. The number of aliphatic imine (C=N–C) groups is 1. The molecule has 0 aromatic heterocycles. The molecule has 0 aromatic rings. The van der Waals surface area contributed by atoms with Crippen molar-refractivity contribution < 1.29 is 5.11 Å². The monoisotopic (exact) mass is 197 g/mol. The van der Waals surface area contributed by atoms with Gasteiger partial charge in [-0.1, -0.05) is 0 Å². The van der Waals surface area contributed by atoms with Crippen molar-refractivity contribution in [2.75, 3.05) is 19.7 Å². The van der Waals surface area contributed by atoms with E-state index in [2.05, 4.69) is 9.89 Å². The van der Waals surface area contributed by atoms with Crippen LogP contribution in [0.4, 0.5) is 0 Å². The largest absolute Gasteiger partial charge is 0.396 e. The number of piperidine rings is 1. The van der Waals surface area contributed by atoms with Crippen LogP contribution < -0.4 is 5.73 Å². The lowest BCUT2D eigenvalue weighted by molar-refractivity contribution is 0.159. The van der Waals surface area contributed by atoms with Crippen molar-refractivity contribution in [1.82, 2.24) is 4.90 Å². The topological polar surface area (TPSA) is 61.8 Å². The maximum absolute atomic E-state index is 9.08. The first-order valence-electron chi connectivity index (χ1n) is 5.48. The third-order valence-electron chi connectivity index (χ3n) is 2.96. The molecule has 2 aliphatic rings. The van der Waals surface area contributed by atoms with E-state index in [1.165, 1.54) is 12.8 Å². The Morgan fingerprint density at radius 2 is 2.21 bits per heavy atom. The standard InChI is InChI=1S/C10H19N3O/c11-10(12-9-3-4-9)13-5-1-2-8(6-13)7-14/h8-9,14H,1-7H2,(H2,11,12). The molecule has 0 radical (unpaired) electrons. The summed E-state index contributed by atoms with van der Waals surface area (Å²) in [4.78, 5) is 6.53. The minimum Gasteiger partial charge on any atom is -0.396 e. The highest BCUT2D eigenvalue weighted by molar-refractivity contribution is 5.78. The zero-order valence-corrected chi connectivity index (χ0v) is 8.52. The first-order chi connectivity index (χ1) is 6.79. The molecular formula is C10H19N3O. The third-order valence-corrected chi connectivity index (χ3v) is 2.96. The molecule has 1 aliphatic heterocycles. The highest BCUT2D eigenvalue weighted by Crippen LogP contribution is 2.24. The number of guanidine groups is 1. The summed E-state index contributed by atoms with van der Waals surface area (Å²) in [5.74, 6) is 1.07. The van der Waals surface area contributed by atoms with Gasteiger partial charge in [-0.05, 0) is 31.6 Å². The molecule has 0 aromatic carbocycles. The molecule has 2 rings (SSSR count). The summed E-state index contributed by atoms with van der Waals surface area (Å²) in [6.07, 6.45) is 4.62. The lowest BCUT2D eigenvalue weighted by Gasteiger charge is -2.32. The third kappa shape index (κ3) is 2.38. The van der Waals surface area contributed by atoms with E-state index in [0.29, 0.717) is 17.9 Å². The maximum Gasteiger partial charge on any atom is 0.191 e. The Hall–Kier alpha value is -0.770. The first-order valence-corrected chi connectivity index (χ1v) is 5.48. The molecule has 2 fully saturated rings. The van der Waals surface area contributed by atoms with Crippen LogP contribution in [0.5, 0.6) is 0 Å². The van der Waals surface area contributed by atoms with Gasteiger partial charge in [-0.25, -0.2) is 4.99 Å². The molecule has 1 atom stereocenters. The van der Waals surface area contributed by atoms with E-state index in [0.717, 1.165) is 25.9 Å². The van der Waals surface area contributed by atoms with Crippen LogP contribution in [0, 0.1) is 5.92 Å². The van der Waals surface area contributed by atoms with Gasteiger partial charge >= 0.3 is 0 Å². The first kappa shape index (κ1) is 9.77. The van der Waals surface area contributed by atoms with Gasteiger partial charge in [-0.3, -0.25) is 0 Å². The minimum absolute atomic E-state index is 0.271. The Bertz CT molecular complexity index is 225. The fraction of sp³-hybridized carbons (Fsp3) is 0.900. The van der Waals surface area contributed by atoms with Crippen LogP contribution in [0.2, 0.25) is 0 Å². The maximum atomic E-state index is 9.08. The second kappa shape index (κ2) is 4.17. The van der Waals surface area contributed by atoms with E-state index < -0.39 is 0 Å². The van der Waals surface area contributed by atoms with Gasteiger partial charge in [0.1, 0.15) is 0 Å². The van der Waals surface area contributed by atoms with Gasteiger partial charge in [0.25, 0.3) is 0 Å². The number of hydrogen-bond donors (Lipinski definition) is 2. The predicted molar refractivity (Wildman–Crippen MR) is 56.0 cm³/mol. The van der Waals surface area contributed by atoms with E-state index in [1.54, 1.807) is 0 Å². The molecule has 3 N–H and O–H groups in total. The molecule has 4 nitrogen and oxygen atoms in total. The Kier molecular flexibility index (Phi) is 2.91. The fourth-order valence-corrected chi connectivity index (χ4v) is 1.89. The van der Waals surface area contributed by atoms with Crippen LogP contribution in [0.3, 0.4) is 0 Å². The zero-order chi connectivity index (χ0) is 9.97. The average Bonchev–Trinajstić information content (AvgIpc) is 3.02. The van der Waals surface area contributed by atoms with Crippen LogP contribution in [0.15, 0.2) is 4.99 Å². The fourth-order valence-electron chi connectivity index (χ4n) is 1.89.